The van der Waals surface area contributed by atoms with Crippen molar-refractivity contribution in [2.45, 2.75) is 12.8 Å². The maximum absolute atomic E-state index is 12.1. The van der Waals surface area contributed by atoms with Gasteiger partial charge in [0, 0.05) is 24.0 Å². The maximum atomic E-state index is 12.1. The van der Waals surface area contributed by atoms with Gasteiger partial charge in [0.2, 0.25) is 5.91 Å². The lowest BCUT2D eigenvalue weighted by molar-refractivity contribution is -0.124. The number of rotatable bonds is 6. The first-order chi connectivity index (χ1) is 14.5. The highest BCUT2D eigenvalue weighted by Crippen LogP contribution is 2.23. The molecule has 9 nitrogen and oxygen atoms in total. The molecule has 9 heteroatoms. The normalized spacial score (nSPS) is 16.8. The monoisotopic (exact) mass is 403 g/mol. The SMILES string of the molecule is O=C(CCC(=O)N/N=C1/C(=O)Nc2ccccc21)C/N=C1/C(=O)Nc2ccccc21. The summed E-state index contributed by atoms with van der Waals surface area (Å²) in [6.45, 7) is -0.200. The zero-order valence-corrected chi connectivity index (χ0v) is 15.8. The minimum Gasteiger partial charge on any atom is -0.320 e. The summed E-state index contributed by atoms with van der Waals surface area (Å²) in [5, 5.41) is 9.22. The van der Waals surface area contributed by atoms with Crippen LogP contribution >= 0.6 is 0 Å². The van der Waals surface area contributed by atoms with Gasteiger partial charge >= 0.3 is 0 Å². The van der Waals surface area contributed by atoms with Crippen LogP contribution in [0.25, 0.3) is 0 Å². The summed E-state index contributed by atoms with van der Waals surface area (Å²) in [5.74, 6) is -1.54. The smallest absolute Gasteiger partial charge is 0.276 e. The van der Waals surface area contributed by atoms with Crippen molar-refractivity contribution in [3.05, 3.63) is 59.7 Å². The Bertz CT molecular complexity index is 1050. The van der Waals surface area contributed by atoms with E-state index in [0.29, 0.717) is 22.5 Å². The Hall–Kier alpha value is -4.14. The summed E-state index contributed by atoms with van der Waals surface area (Å²) in [5.41, 5.74) is 5.16. The van der Waals surface area contributed by atoms with E-state index in [9.17, 15) is 19.2 Å². The predicted octanol–water partition coefficient (Wildman–Crippen LogP) is 1.25. The van der Waals surface area contributed by atoms with Gasteiger partial charge in [0.1, 0.15) is 5.71 Å². The fraction of sp³-hybridized carbons (Fsp3) is 0.143. The number of ketones is 1. The van der Waals surface area contributed by atoms with Gasteiger partial charge in [0.05, 0.1) is 17.9 Å². The van der Waals surface area contributed by atoms with E-state index in [0.717, 1.165) is 0 Å². The van der Waals surface area contributed by atoms with Gasteiger partial charge in [-0.25, -0.2) is 5.43 Å². The summed E-state index contributed by atoms with van der Waals surface area (Å²) in [7, 11) is 0. The Morgan fingerprint density at radius 3 is 2.03 bits per heavy atom. The van der Waals surface area contributed by atoms with E-state index in [1.54, 1.807) is 48.5 Å². The van der Waals surface area contributed by atoms with E-state index in [2.05, 4.69) is 26.2 Å². The number of fused-ring (bicyclic) bond motifs is 2. The van der Waals surface area contributed by atoms with Crippen molar-refractivity contribution in [1.82, 2.24) is 5.43 Å². The van der Waals surface area contributed by atoms with Crippen molar-refractivity contribution in [3.63, 3.8) is 0 Å². The highest BCUT2D eigenvalue weighted by molar-refractivity contribution is 6.54. The van der Waals surface area contributed by atoms with E-state index in [4.69, 9.17) is 0 Å². The number of hydrogen-bond acceptors (Lipinski definition) is 6. The van der Waals surface area contributed by atoms with E-state index in [1.165, 1.54) is 0 Å². The molecule has 0 spiro atoms. The highest BCUT2D eigenvalue weighted by atomic mass is 16.2. The van der Waals surface area contributed by atoms with Crippen molar-refractivity contribution in [1.29, 1.82) is 0 Å². The molecule has 0 aromatic heterocycles. The zero-order chi connectivity index (χ0) is 21.1. The largest absolute Gasteiger partial charge is 0.320 e. The van der Waals surface area contributed by atoms with Crippen LogP contribution < -0.4 is 16.1 Å². The number of aliphatic imine (C=N–C) groups is 1. The summed E-state index contributed by atoms with van der Waals surface area (Å²) in [4.78, 5) is 52.1. The number of carbonyl (C=O) groups excluding carboxylic acids is 4. The minimum absolute atomic E-state index is 0.0560. The molecule has 2 aromatic rings. The van der Waals surface area contributed by atoms with Crippen molar-refractivity contribution in [2.75, 3.05) is 17.2 Å². The average molecular weight is 403 g/mol. The van der Waals surface area contributed by atoms with Gasteiger partial charge < -0.3 is 10.6 Å². The van der Waals surface area contributed by atoms with E-state index < -0.39 is 11.8 Å². The van der Waals surface area contributed by atoms with Crippen molar-refractivity contribution >= 4 is 46.3 Å². The van der Waals surface area contributed by atoms with Crippen LogP contribution in [0.3, 0.4) is 0 Å². The molecule has 4 rings (SSSR count). The first kappa shape index (κ1) is 19.2. The second-order valence-corrected chi connectivity index (χ2v) is 6.70. The number of anilines is 2. The van der Waals surface area contributed by atoms with Gasteiger partial charge in [0.15, 0.2) is 11.5 Å². The third-order valence-corrected chi connectivity index (χ3v) is 4.63. The van der Waals surface area contributed by atoms with Crippen molar-refractivity contribution < 1.29 is 19.2 Å². The Balaban J connectivity index is 1.30. The van der Waals surface area contributed by atoms with Crippen LogP contribution in [0.4, 0.5) is 11.4 Å². The lowest BCUT2D eigenvalue weighted by atomic mass is 10.1. The summed E-state index contributed by atoms with van der Waals surface area (Å²) >= 11 is 0. The fourth-order valence-corrected chi connectivity index (χ4v) is 3.15. The van der Waals surface area contributed by atoms with Crippen LogP contribution in [0.5, 0.6) is 0 Å². The predicted molar refractivity (Wildman–Crippen MR) is 110 cm³/mol. The topological polar surface area (TPSA) is 129 Å². The van der Waals surface area contributed by atoms with Crippen molar-refractivity contribution in [3.8, 4) is 0 Å². The lowest BCUT2D eigenvalue weighted by Crippen LogP contribution is -2.24. The Morgan fingerprint density at radius 2 is 1.37 bits per heavy atom. The van der Waals surface area contributed by atoms with E-state index in [1.807, 2.05) is 0 Å². The molecule has 3 N–H and O–H groups in total. The maximum Gasteiger partial charge on any atom is 0.276 e. The van der Waals surface area contributed by atoms with Gasteiger partial charge in [-0.1, -0.05) is 36.4 Å². The molecule has 3 amide bonds. The second kappa shape index (κ2) is 8.08. The number of nitrogens with zero attached hydrogens (tertiary/aromatic N) is 2. The Kier molecular flexibility index (Phi) is 5.17. The number of carbonyl (C=O) groups is 4. The van der Waals surface area contributed by atoms with Gasteiger partial charge in [-0.3, -0.25) is 24.2 Å². The zero-order valence-electron chi connectivity index (χ0n) is 15.8. The van der Waals surface area contributed by atoms with Crippen molar-refractivity contribution in [2.24, 2.45) is 10.1 Å². The minimum atomic E-state index is -0.496. The molecule has 2 aromatic carbocycles. The van der Waals surface area contributed by atoms with Crippen LogP contribution in [-0.4, -0.2) is 41.5 Å². The molecule has 0 unspecified atom stereocenters. The van der Waals surface area contributed by atoms with E-state index >= 15 is 0 Å². The molecular formula is C21H17N5O4. The fourth-order valence-electron chi connectivity index (χ4n) is 3.15. The molecule has 0 radical (unpaired) electrons. The molecule has 0 bridgehead atoms. The standard InChI is InChI=1S/C21H17N5O4/c27-12(11-22-18-13-5-1-3-7-15(13)23-20(18)29)9-10-17(28)25-26-19-14-6-2-4-8-16(14)24-21(19)30/h1-8H,9-11H2,(H,25,28)(H,22,23,29)(H,24,26,30). The summed E-state index contributed by atoms with van der Waals surface area (Å²) < 4.78 is 0. The number of nitrogens with one attached hydrogen (secondary N) is 3. The number of Topliss-reactive ketones (excluding diaryl/α,β-unsaturated/α-hetero) is 1. The molecule has 0 atom stereocenters. The molecule has 0 aliphatic carbocycles. The first-order valence-corrected chi connectivity index (χ1v) is 9.27. The van der Waals surface area contributed by atoms with Gasteiger partial charge in [-0.2, -0.15) is 5.10 Å². The molecule has 150 valence electrons. The number of benzene rings is 2. The second-order valence-electron chi connectivity index (χ2n) is 6.70. The Morgan fingerprint density at radius 1 is 0.800 bits per heavy atom. The third-order valence-electron chi connectivity index (χ3n) is 4.63. The molecule has 30 heavy (non-hydrogen) atoms. The number of hydrogen-bond donors (Lipinski definition) is 3. The van der Waals surface area contributed by atoms with Crippen LogP contribution in [0.2, 0.25) is 0 Å². The number of para-hydroxylation sites is 2. The first-order valence-electron chi connectivity index (χ1n) is 9.27. The van der Waals surface area contributed by atoms with Crippen LogP contribution in [0, 0.1) is 0 Å². The summed E-state index contributed by atoms with van der Waals surface area (Å²) in [6, 6.07) is 14.1. The number of amides is 3. The molecule has 2 aliphatic heterocycles. The molecular weight excluding hydrogens is 386 g/mol. The summed E-state index contributed by atoms with van der Waals surface area (Å²) in [6.07, 6.45) is -0.161. The molecule has 2 heterocycles. The molecule has 2 aliphatic rings. The van der Waals surface area contributed by atoms with E-state index in [-0.39, 0.29) is 42.5 Å². The van der Waals surface area contributed by atoms with Gasteiger partial charge in [-0.15, -0.1) is 0 Å². The Labute approximate surface area is 171 Å². The number of hydrazone groups is 1. The molecule has 0 saturated carbocycles. The molecule has 0 fully saturated rings. The lowest BCUT2D eigenvalue weighted by Gasteiger charge is -2.01. The third kappa shape index (κ3) is 3.86. The quantitative estimate of drug-likeness (QED) is 0.627. The van der Waals surface area contributed by atoms with Gasteiger partial charge in [0.25, 0.3) is 11.8 Å². The van der Waals surface area contributed by atoms with Crippen LogP contribution in [0.1, 0.15) is 24.0 Å². The van der Waals surface area contributed by atoms with Crippen LogP contribution in [0.15, 0.2) is 58.6 Å². The average Bonchev–Trinajstić information content (AvgIpc) is 3.24. The van der Waals surface area contributed by atoms with Crippen LogP contribution in [-0.2, 0) is 19.2 Å². The van der Waals surface area contributed by atoms with Gasteiger partial charge in [-0.05, 0) is 12.1 Å². The highest BCUT2D eigenvalue weighted by Gasteiger charge is 2.26. The molecule has 0 saturated heterocycles.